The molecule has 2 rings (SSSR count). The molecule has 2 N–H and O–H groups in total. The van der Waals surface area contributed by atoms with Gasteiger partial charge in [0, 0.05) is 18.2 Å². The highest BCUT2D eigenvalue weighted by atomic mass is 16.5. The molecule has 2 unspecified atom stereocenters. The summed E-state index contributed by atoms with van der Waals surface area (Å²) in [6, 6.07) is 0.638. The van der Waals surface area contributed by atoms with E-state index in [0.717, 1.165) is 32.3 Å². The molecule has 2 atom stereocenters. The molecule has 0 aromatic rings. The summed E-state index contributed by atoms with van der Waals surface area (Å²) in [7, 11) is 0. The first-order chi connectivity index (χ1) is 8.78. The number of aliphatic hydroxyl groups is 1. The van der Waals surface area contributed by atoms with Crippen LogP contribution in [0.5, 0.6) is 0 Å². The van der Waals surface area contributed by atoms with E-state index in [9.17, 15) is 5.11 Å². The van der Waals surface area contributed by atoms with Gasteiger partial charge in [-0.1, -0.05) is 0 Å². The molecule has 0 aromatic heterocycles. The summed E-state index contributed by atoms with van der Waals surface area (Å²) >= 11 is 0. The number of nitrogens with one attached hydrogen (secondary N) is 1. The third-order valence-electron chi connectivity index (χ3n) is 3.98. The maximum atomic E-state index is 9.70. The van der Waals surface area contributed by atoms with Gasteiger partial charge in [-0.05, 0) is 45.4 Å². The largest absolute Gasteiger partial charge is 0.394 e. The van der Waals surface area contributed by atoms with Gasteiger partial charge < -0.3 is 19.9 Å². The Labute approximate surface area is 110 Å². The summed E-state index contributed by atoms with van der Waals surface area (Å²) in [5, 5.41) is 13.3. The van der Waals surface area contributed by atoms with E-state index < -0.39 is 0 Å². The van der Waals surface area contributed by atoms with Crippen molar-refractivity contribution in [3.63, 3.8) is 0 Å². The molecule has 2 aliphatic carbocycles. The second-order valence-corrected chi connectivity index (χ2v) is 5.64. The van der Waals surface area contributed by atoms with Crippen molar-refractivity contribution < 1.29 is 14.6 Å². The van der Waals surface area contributed by atoms with E-state index in [1.165, 1.54) is 12.8 Å². The zero-order valence-corrected chi connectivity index (χ0v) is 11.5. The van der Waals surface area contributed by atoms with Crippen LogP contribution in [0.1, 0.15) is 45.4 Å². The summed E-state index contributed by atoms with van der Waals surface area (Å²) in [4.78, 5) is 0. The molecule has 0 amide bonds. The Kier molecular flexibility index (Phi) is 5.42. The summed E-state index contributed by atoms with van der Waals surface area (Å²) in [6.07, 6.45) is 7.06. The molecule has 0 spiro atoms. The van der Waals surface area contributed by atoms with E-state index in [4.69, 9.17) is 9.47 Å². The third-order valence-corrected chi connectivity index (χ3v) is 3.98. The van der Waals surface area contributed by atoms with Crippen LogP contribution in [0, 0.1) is 0 Å². The zero-order valence-electron chi connectivity index (χ0n) is 11.5. The summed E-state index contributed by atoms with van der Waals surface area (Å²) in [5.41, 5.74) is -0.0876. The van der Waals surface area contributed by atoms with Crippen molar-refractivity contribution in [1.82, 2.24) is 5.32 Å². The van der Waals surface area contributed by atoms with Crippen molar-refractivity contribution >= 4 is 0 Å². The topological polar surface area (TPSA) is 50.7 Å². The Hall–Kier alpha value is -0.160. The van der Waals surface area contributed by atoms with E-state index in [1.807, 2.05) is 6.92 Å². The maximum absolute atomic E-state index is 9.70. The predicted molar refractivity (Wildman–Crippen MR) is 70.7 cm³/mol. The summed E-state index contributed by atoms with van der Waals surface area (Å²) in [6.45, 7) is 4.32. The van der Waals surface area contributed by atoms with Gasteiger partial charge in [0.2, 0.25) is 0 Å². The zero-order chi connectivity index (χ0) is 12.8. The van der Waals surface area contributed by atoms with Crippen molar-refractivity contribution in [2.24, 2.45) is 0 Å². The third kappa shape index (κ3) is 4.19. The van der Waals surface area contributed by atoms with Crippen LogP contribution in [0.2, 0.25) is 0 Å². The summed E-state index contributed by atoms with van der Waals surface area (Å²) < 4.78 is 11.2. The van der Waals surface area contributed by atoms with Gasteiger partial charge in [-0.25, -0.2) is 0 Å². The molecule has 0 heterocycles. The summed E-state index contributed by atoms with van der Waals surface area (Å²) in [5.74, 6) is 0. The van der Waals surface area contributed by atoms with Crippen LogP contribution >= 0.6 is 0 Å². The molecule has 0 radical (unpaired) electrons. The normalized spacial score (nSPS) is 32.7. The quantitative estimate of drug-likeness (QED) is 0.647. The fourth-order valence-electron chi connectivity index (χ4n) is 2.85. The molecule has 18 heavy (non-hydrogen) atoms. The van der Waals surface area contributed by atoms with Crippen LogP contribution in [0.3, 0.4) is 0 Å². The van der Waals surface area contributed by atoms with Gasteiger partial charge in [-0.2, -0.15) is 0 Å². The fourth-order valence-corrected chi connectivity index (χ4v) is 2.85. The molecule has 4 nitrogen and oxygen atoms in total. The van der Waals surface area contributed by atoms with Crippen molar-refractivity contribution in [3.05, 3.63) is 0 Å². The lowest BCUT2D eigenvalue weighted by Gasteiger charge is -2.40. The van der Waals surface area contributed by atoms with E-state index in [-0.39, 0.29) is 18.2 Å². The highest BCUT2D eigenvalue weighted by Crippen LogP contribution is 2.33. The number of hydrogen-bond donors (Lipinski definition) is 2. The van der Waals surface area contributed by atoms with Gasteiger partial charge in [0.15, 0.2) is 0 Å². The first-order valence-corrected chi connectivity index (χ1v) is 7.36. The lowest BCUT2D eigenvalue weighted by molar-refractivity contribution is -0.0369. The Balaban J connectivity index is 1.74. The predicted octanol–water partition coefficient (Wildman–Crippen LogP) is 1.47. The molecular formula is C14H27NO3. The lowest BCUT2D eigenvalue weighted by Crippen LogP contribution is -2.54. The molecule has 2 fully saturated rings. The molecule has 0 aliphatic heterocycles. The lowest BCUT2D eigenvalue weighted by atomic mass is 9.80. The van der Waals surface area contributed by atoms with E-state index in [0.29, 0.717) is 19.3 Å². The van der Waals surface area contributed by atoms with Crippen molar-refractivity contribution in [3.8, 4) is 0 Å². The standard InChI is InChI=1S/C14H27NO3/c1-2-17-8-9-18-13-4-3-7-14(10-13,11-16)15-12-5-6-12/h12-13,15-16H,2-11H2,1H3. The minimum atomic E-state index is -0.0876. The molecular weight excluding hydrogens is 230 g/mol. The monoisotopic (exact) mass is 257 g/mol. The minimum absolute atomic E-state index is 0.0876. The smallest absolute Gasteiger partial charge is 0.0704 e. The first kappa shape index (κ1) is 14.3. The van der Waals surface area contributed by atoms with Crippen LogP contribution in [-0.4, -0.2) is 49.2 Å². The van der Waals surface area contributed by atoms with Gasteiger partial charge >= 0.3 is 0 Å². The molecule has 0 saturated heterocycles. The second-order valence-electron chi connectivity index (χ2n) is 5.64. The van der Waals surface area contributed by atoms with Crippen LogP contribution in [0.25, 0.3) is 0 Å². The number of rotatable bonds is 8. The Morgan fingerprint density at radius 2 is 2.11 bits per heavy atom. The molecule has 0 bridgehead atoms. The van der Waals surface area contributed by atoms with E-state index in [1.54, 1.807) is 0 Å². The second kappa shape index (κ2) is 6.85. The van der Waals surface area contributed by atoms with Gasteiger partial charge in [0.1, 0.15) is 0 Å². The average Bonchev–Trinajstić information content (AvgIpc) is 3.19. The molecule has 4 heteroatoms. The van der Waals surface area contributed by atoms with Crippen LogP contribution in [0.15, 0.2) is 0 Å². The average molecular weight is 257 g/mol. The van der Waals surface area contributed by atoms with Crippen LogP contribution in [-0.2, 0) is 9.47 Å². The molecule has 106 valence electrons. The Bertz CT molecular complexity index is 245. The van der Waals surface area contributed by atoms with Crippen LogP contribution in [0.4, 0.5) is 0 Å². The van der Waals surface area contributed by atoms with Crippen molar-refractivity contribution in [1.29, 1.82) is 0 Å². The SMILES string of the molecule is CCOCCOC1CCCC(CO)(NC2CC2)C1. The Morgan fingerprint density at radius 1 is 1.28 bits per heavy atom. The van der Waals surface area contributed by atoms with E-state index in [2.05, 4.69) is 5.32 Å². The highest BCUT2D eigenvalue weighted by Gasteiger charge is 2.40. The van der Waals surface area contributed by atoms with Crippen molar-refractivity contribution in [2.45, 2.75) is 63.1 Å². The van der Waals surface area contributed by atoms with Crippen LogP contribution < -0.4 is 5.32 Å². The van der Waals surface area contributed by atoms with Gasteiger partial charge in [0.25, 0.3) is 0 Å². The molecule has 0 aromatic carbocycles. The number of ether oxygens (including phenoxy) is 2. The van der Waals surface area contributed by atoms with Gasteiger partial charge in [0.05, 0.1) is 25.9 Å². The van der Waals surface area contributed by atoms with Gasteiger partial charge in [-0.3, -0.25) is 0 Å². The van der Waals surface area contributed by atoms with E-state index >= 15 is 0 Å². The Morgan fingerprint density at radius 3 is 2.78 bits per heavy atom. The number of hydrogen-bond acceptors (Lipinski definition) is 4. The molecule has 2 saturated carbocycles. The number of aliphatic hydroxyl groups excluding tert-OH is 1. The maximum Gasteiger partial charge on any atom is 0.0704 e. The van der Waals surface area contributed by atoms with Gasteiger partial charge in [-0.15, -0.1) is 0 Å². The first-order valence-electron chi connectivity index (χ1n) is 7.36. The van der Waals surface area contributed by atoms with Crippen molar-refractivity contribution in [2.75, 3.05) is 26.4 Å². The highest BCUT2D eigenvalue weighted by molar-refractivity contribution is 4.99. The fraction of sp³-hybridized carbons (Fsp3) is 1.00. The minimum Gasteiger partial charge on any atom is -0.394 e. The molecule has 2 aliphatic rings.